The third kappa shape index (κ3) is 1.94. The minimum absolute atomic E-state index is 0.894. The lowest BCUT2D eigenvalue weighted by molar-refractivity contribution is 0.445. The predicted molar refractivity (Wildman–Crippen MR) is 60.8 cm³/mol. The van der Waals surface area contributed by atoms with E-state index in [1.165, 1.54) is 16.3 Å². The number of hydrogen-bond donors (Lipinski definition) is 0. The summed E-state index contributed by atoms with van der Waals surface area (Å²) in [4.78, 5) is 1.93. The molecule has 2 rings (SSSR count). The number of hydrogen-bond acceptors (Lipinski definition) is 1. The van der Waals surface area contributed by atoms with Crippen molar-refractivity contribution in [2.24, 2.45) is 0 Å². The first-order valence-electron chi connectivity index (χ1n) is 4.75. The Balaban J connectivity index is 2.41. The fourth-order valence-electron chi connectivity index (χ4n) is 1.65. The van der Waals surface area contributed by atoms with Gasteiger partial charge in [0.2, 0.25) is 0 Å². The molecule has 0 heterocycles. The van der Waals surface area contributed by atoms with Crippen LogP contribution in [0, 0.1) is 7.05 Å². The van der Waals surface area contributed by atoms with Crippen LogP contribution < -0.4 is 0 Å². The molecule has 0 spiro atoms. The van der Waals surface area contributed by atoms with E-state index in [1.807, 2.05) is 11.9 Å². The topological polar surface area (TPSA) is 3.24 Å². The molecule has 14 heavy (non-hydrogen) atoms. The second kappa shape index (κ2) is 3.81. The number of rotatable bonds is 2. The monoisotopic (exact) mass is 184 g/mol. The van der Waals surface area contributed by atoms with Gasteiger partial charge in [0.05, 0.1) is 0 Å². The van der Waals surface area contributed by atoms with Crippen molar-refractivity contribution in [1.82, 2.24) is 4.90 Å². The fourth-order valence-corrected chi connectivity index (χ4v) is 1.65. The van der Waals surface area contributed by atoms with Gasteiger partial charge < -0.3 is 4.90 Å². The van der Waals surface area contributed by atoms with Crippen molar-refractivity contribution in [1.29, 1.82) is 0 Å². The SMILES string of the molecule is [CH2-]N(C)Cc1ccc2ccccc2c1. The highest BCUT2D eigenvalue weighted by Crippen LogP contribution is 2.16. The van der Waals surface area contributed by atoms with E-state index in [2.05, 4.69) is 49.5 Å². The molecule has 0 radical (unpaired) electrons. The molecule has 0 bridgehead atoms. The van der Waals surface area contributed by atoms with Gasteiger partial charge in [-0.1, -0.05) is 36.4 Å². The van der Waals surface area contributed by atoms with Crippen LogP contribution >= 0.6 is 0 Å². The molecule has 0 aliphatic carbocycles. The zero-order valence-electron chi connectivity index (χ0n) is 8.40. The maximum Gasteiger partial charge on any atom is -0.00467 e. The van der Waals surface area contributed by atoms with Gasteiger partial charge in [-0.25, -0.2) is 0 Å². The zero-order chi connectivity index (χ0) is 9.97. The Bertz CT molecular complexity index is 432. The van der Waals surface area contributed by atoms with Crippen LogP contribution in [-0.2, 0) is 6.54 Å². The van der Waals surface area contributed by atoms with Gasteiger partial charge in [-0.05, 0) is 36.0 Å². The summed E-state index contributed by atoms with van der Waals surface area (Å²) in [6.07, 6.45) is 0. The molecule has 2 aromatic rings. The van der Waals surface area contributed by atoms with Crippen LogP contribution in [0.25, 0.3) is 10.8 Å². The highest BCUT2D eigenvalue weighted by molar-refractivity contribution is 5.82. The van der Waals surface area contributed by atoms with Gasteiger partial charge in [0.25, 0.3) is 0 Å². The van der Waals surface area contributed by atoms with E-state index in [9.17, 15) is 0 Å². The molecule has 0 saturated heterocycles. The van der Waals surface area contributed by atoms with Gasteiger partial charge in [-0.3, -0.25) is 7.05 Å². The average molecular weight is 184 g/mol. The van der Waals surface area contributed by atoms with Gasteiger partial charge in [0, 0.05) is 0 Å². The molecular formula is C13H14N-. The summed E-state index contributed by atoms with van der Waals surface area (Å²) in [5.41, 5.74) is 1.31. The number of nitrogens with zero attached hydrogens (tertiary/aromatic N) is 1. The lowest BCUT2D eigenvalue weighted by atomic mass is 10.1. The van der Waals surface area contributed by atoms with Crippen molar-refractivity contribution in [3.63, 3.8) is 0 Å². The summed E-state index contributed by atoms with van der Waals surface area (Å²) < 4.78 is 0. The van der Waals surface area contributed by atoms with Crippen LogP contribution in [-0.4, -0.2) is 11.9 Å². The normalized spacial score (nSPS) is 11.1. The second-order valence-corrected chi connectivity index (χ2v) is 3.70. The minimum Gasteiger partial charge on any atom is -0.458 e. The fraction of sp³-hybridized carbons (Fsp3) is 0.154. The van der Waals surface area contributed by atoms with E-state index in [4.69, 9.17) is 0 Å². The predicted octanol–water partition coefficient (Wildman–Crippen LogP) is 3.06. The lowest BCUT2D eigenvalue weighted by Crippen LogP contribution is -2.07. The van der Waals surface area contributed by atoms with Crippen LogP contribution in [0.5, 0.6) is 0 Å². The Morgan fingerprint density at radius 1 is 1.07 bits per heavy atom. The van der Waals surface area contributed by atoms with Crippen LogP contribution in [0.15, 0.2) is 42.5 Å². The molecule has 72 valence electrons. The van der Waals surface area contributed by atoms with Crippen molar-refractivity contribution in [3.05, 3.63) is 55.1 Å². The van der Waals surface area contributed by atoms with E-state index in [0.717, 1.165) is 6.54 Å². The van der Waals surface area contributed by atoms with Crippen molar-refractivity contribution in [2.75, 3.05) is 7.05 Å². The maximum atomic E-state index is 3.85. The van der Waals surface area contributed by atoms with Gasteiger partial charge in [0.15, 0.2) is 0 Å². The molecule has 0 unspecified atom stereocenters. The Hall–Kier alpha value is -1.34. The van der Waals surface area contributed by atoms with E-state index in [0.29, 0.717) is 0 Å². The highest BCUT2D eigenvalue weighted by atomic mass is 15.0. The molecule has 2 aromatic carbocycles. The number of benzene rings is 2. The molecule has 0 aromatic heterocycles. The van der Waals surface area contributed by atoms with Gasteiger partial charge in [-0.2, -0.15) is 0 Å². The summed E-state index contributed by atoms with van der Waals surface area (Å²) in [5, 5.41) is 2.59. The Kier molecular flexibility index (Phi) is 2.51. The molecule has 0 aliphatic rings. The maximum absolute atomic E-state index is 3.85. The molecule has 0 aliphatic heterocycles. The van der Waals surface area contributed by atoms with Crippen LogP contribution in [0.4, 0.5) is 0 Å². The van der Waals surface area contributed by atoms with Crippen LogP contribution in [0.3, 0.4) is 0 Å². The Morgan fingerprint density at radius 2 is 1.79 bits per heavy atom. The Morgan fingerprint density at radius 3 is 2.50 bits per heavy atom. The van der Waals surface area contributed by atoms with Crippen LogP contribution in [0.1, 0.15) is 5.56 Å². The third-order valence-electron chi connectivity index (χ3n) is 2.27. The largest absolute Gasteiger partial charge is 0.458 e. The molecular weight excluding hydrogens is 170 g/mol. The van der Waals surface area contributed by atoms with Crippen molar-refractivity contribution in [2.45, 2.75) is 6.54 Å². The Labute approximate surface area is 85.0 Å². The molecule has 1 nitrogen and oxygen atoms in total. The quantitative estimate of drug-likeness (QED) is 0.648. The van der Waals surface area contributed by atoms with E-state index >= 15 is 0 Å². The van der Waals surface area contributed by atoms with E-state index in [-0.39, 0.29) is 0 Å². The summed E-state index contributed by atoms with van der Waals surface area (Å²) in [6.45, 7) is 0.894. The summed E-state index contributed by atoms with van der Waals surface area (Å²) in [6, 6.07) is 14.9. The van der Waals surface area contributed by atoms with Crippen LogP contribution in [0.2, 0.25) is 0 Å². The molecule has 0 N–H and O–H groups in total. The molecule has 1 heteroatoms. The lowest BCUT2D eigenvalue weighted by Gasteiger charge is -2.17. The molecule has 0 fully saturated rings. The molecule has 0 amide bonds. The highest BCUT2D eigenvalue weighted by Gasteiger charge is 1.94. The summed E-state index contributed by atoms with van der Waals surface area (Å²) in [5.74, 6) is 0. The second-order valence-electron chi connectivity index (χ2n) is 3.70. The zero-order valence-corrected chi connectivity index (χ0v) is 8.40. The first-order valence-corrected chi connectivity index (χ1v) is 4.75. The molecule has 0 saturated carbocycles. The van der Waals surface area contributed by atoms with Crippen molar-refractivity contribution < 1.29 is 0 Å². The minimum atomic E-state index is 0.894. The van der Waals surface area contributed by atoms with E-state index in [1.54, 1.807) is 0 Å². The summed E-state index contributed by atoms with van der Waals surface area (Å²) in [7, 11) is 5.83. The van der Waals surface area contributed by atoms with Crippen molar-refractivity contribution >= 4 is 10.8 Å². The number of fused-ring (bicyclic) bond motifs is 1. The standard InChI is InChI=1S/C13H14N/c1-14(2)10-11-7-8-12-5-3-4-6-13(12)9-11/h3-9H,1,10H2,2H3/q-1. The van der Waals surface area contributed by atoms with E-state index < -0.39 is 0 Å². The smallest absolute Gasteiger partial charge is 0.00467 e. The first-order chi connectivity index (χ1) is 6.75. The van der Waals surface area contributed by atoms with Gasteiger partial charge in [0.1, 0.15) is 0 Å². The average Bonchev–Trinajstić information content (AvgIpc) is 2.17. The van der Waals surface area contributed by atoms with Crippen molar-refractivity contribution in [3.8, 4) is 0 Å². The van der Waals surface area contributed by atoms with Gasteiger partial charge >= 0.3 is 0 Å². The summed E-state index contributed by atoms with van der Waals surface area (Å²) >= 11 is 0. The first kappa shape index (κ1) is 9.22. The van der Waals surface area contributed by atoms with Gasteiger partial charge in [-0.15, -0.1) is 0 Å². The third-order valence-corrected chi connectivity index (χ3v) is 2.27. The molecule has 0 atom stereocenters.